The van der Waals surface area contributed by atoms with Gasteiger partial charge in [0.2, 0.25) is 0 Å². The number of hydrogen-bond acceptors (Lipinski definition) is 5. The van der Waals surface area contributed by atoms with E-state index in [-0.39, 0.29) is 11.6 Å². The van der Waals surface area contributed by atoms with E-state index in [1.54, 1.807) is 17.7 Å². The van der Waals surface area contributed by atoms with Crippen molar-refractivity contribution in [3.8, 4) is 0 Å². The highest BCUT2D eigenvalue weighted by Gasteiger charge is 2.31. The Morgan fingerprint density at radius 2 is 2.18 bits per heavy atom. The number of nitrogens with zero attached hydrogens (tertiary/aromatic N) is 3. The Labute approximate surface area is 173 Å². The number of rotatable bonds is 4. The van der Waals surface area contributed by atoms with Gasteiger partial charge in [-0.15, -0.1) is 0 Å². The maximum absolute atomic E-state index is 12.6. The number of fused-ring (bicyclic) bond motifs is 1. The quantitative estimate of drug-likeness (QED) is 0.783. The van der Waals surface area contributed by atoms with Crippen LogP contribution in [0.15, 0.2) is 57.7 Å². The summed E-state index contributed by atoms with van der Waals surface area (Å²) in [6, 6.07) is 5.79. The number of pyridine rings is 1. The Kier molecular flexibility index (Phi) is 5.55. The van der Waals surface area contributed by atoms with Gasteiger partial charge in [0.05, 0.1) is 12.9 Å². The number of nitrogens with one attached hydrogen (secondary N) is 1. The Hall–Kier alpha value is -2.12. The molecular formula is C21H25BrN4O2. The van der Waals surface area contributed by atoms with Crippen molar-refractivity contribution < 1.29 is 4.74 Å². The Morgan fingerprint density at radius 1 is 1.32 bits per heavy atom. The summed E-state index contributed by atoms with van der Waals surface area (Å²) in [4.78, 5) is 19.6. The van der Waals surface area contributed by atoms with Gasteiger partial charge in [0.25, 0.3) is 5.56 Å². The van der Waals surface area contributed by atoms with Gasteiger partial charge in [0, 0.05) is 31.7 Å². The second-order valence-corrected chi connectivity index (χ2v) is 8.45. The minimum absolute atomic E-state index is 0.0982. The third-order valence-corrected chi connectivity index (χ3v) is 6.35. The van der Waals surface area contributed by atoms with Gasteiger partial charge >= 0.3 is 0 Å². The minimum Gasteiger partial charge on any atom is -0.501 e. The fraction of sp³-hybridized carbons (Fsp3) is 0.429. The number of likely N-dealkylation sites (N-methyl/N-ethyl adjacent to an activating group) is 1. The molecule has 1 fully saturated rings. The standard InChI is InChI=1S/C21H25BrN4O2/c1-25-12-15(14-6-5-7-17(11-14)28-2)10-16(13-25)23-20-19(22)21(27)26-9-4-3-8-18(26)24-20/h3-9,14-16,23H,10-13H2,1-2H3/t14?,15-,16+/m0/s1. The topological polar surface area (TPSA) is 58.9 Å². The number of likely N-dealkylation sites (tertiary alicyclic amines) is 1. The summed E-state index contributed by atoms with van der Waals surface area (Å²) in [6.45, 7) is 1.97. The van der Waals surface area contributed by atoms with Crippen LogP contribution in [0.5, 0.6) is 0 Å². The molecule has 3 heterocycles. The summed E-state index contributed by atoms with van der Waals surface area (Å²) in [5, 5.41) is 3.52. The van der Waals surface area contributed by atoms with E-state index in [1.165, 1.54) is 0 Å². The zero-order valence-electron chi connectivity index (χ0n) is 16.1. The van der Waals surface area contributed by atoms with Crippen molar-refractivity contribution >= 4 is 27.4 Å². The van der Waals surface area contributed by atoms with Crippen LogP contribution in [0.4, 0.5) is 5.82 Å². The highest BCUT2D eigenvalue weighted by Crippen LogP contribution is 2.33. The molecule has 2 aromatic heterocycles. The third-order valence-electron chi connectivity index (χ3n) is 5.63. The molecule has 0 spiro atoms. The summed E-state index contributed by atoms with van der Waals surface area (Å²) >= 11 is 3.45. The maximum atomic E-state index is 12.6. The molecule has 1 saturated heterocycles. The number of halogens is 1. The van der Waals surface area contributed by atoms with Crippen LogP contribution in [-0.2, 0) is 4.74 Å². The number of piperidine rings is 1. The zero-order valence-corrected chi connectivity index (χ0v) is 17.7. The average molecular weight is 445 g/mol. The lowest BCUT2D eigenvalue weighted by Gasteiger charge is -2.39. The number of hydrogen-bond donors (Lipinski definition) is 1. The summed E-state index contributed by atoms with van der Waals surface area (Å²) in [7, 11) is 3.89. The van der Waals surface area contributed by atoms with Crippen LogP contribution in [0.2, 0.25) is 0 Å². The molecule has 0 radical (unpaired) electrons. The van der Waals surface area contributed by atoms with Crippen molar-refractivity contribution in [2.45, 2.75) is 18.9 Å². The fourth-order valence-electron chi connectivity index (χ4n) is 4.29. The molecule has 2 aliphatic rings. The van der Waals surface area contributed by atoms with Gasteiger partial charge in [0.15, 0.2) is 0 Å². The second kappa shape index (κ2) is 8.09. The Bertz CT molecular complexity index is 984. The summed E-state index contributed by atoms with van der Waals surface area (Å²) in [5.41, 5.74) is 0.544. The number of allylic oxidation sites excluding steroid dienone is 4. The third kappa shape index (κ3) is 3.86. The van der Waals surface area contributed by atoms with E-state index in [9.17, 15) is 4.79 Å². The van der Waals surface area contributed by atoms with Crippen molar-refractivity contribution in [3.63, 3.8) is 0 Å². The second-order valence-electron chi connectivity index (χ2n) is 7.66. The molecule has 28 heavy (non-hydrogen) atoms. The molecule has 4 rings (SSSR count). The van der Waals surface area contributed by atoms with Gasteiger partial charge in [-0.25, -0.2) is 4.98 Å². The molecule has 0 aromatic carbocycles. The van der Waals surface area contributed by atoms with Crippen LogP contribution in [0.1, 0.15) is 12.8 Å². The first-order valence-electron chi connectivity index (χ1n) is 9.58. The first kappa shape index (κ1) is 19.2. The van der Waals surface area contributed by atoms with E-state index in [0.29, 0.717) is 27.8 Å². The molecule has 1 aliphatic heterocycles. The minimum atomic E-state index is -0.0982. The predicted octanol–water partition coefficient (Wildman–Crippen LogP) is 3.30. The van der Waals surface area contributed by atoms with Gasteiger partial charge < -0.3 is 15.0 Å². The van der Waals surface area contributed by atoms with E-state index < -0.39 is 0 Å². The van der Waals surface area contributed by atoms with E-state index in [1.807, 2.05) is 24.3 Å². The molecule has 148 valence electrons. The summed E-state index contributed by atoms with van der Waals surface area (Å²) in [6.07, 6.45) is 10.1. The smallest absolute Gasteiger partial charge is 0.274 e. The highest BCUT2D eigenvalue weighted by molar-refractivity contribution is 9.10. The van der Waals surface area contributed by atoms with Crippen molar-refractivity contribution in [3.05, 3.63) is 63.2 Å². The van der Waals surface area contributed by atoms with Crippen molar-refractivity contribution in [1.29, 1.82) is 0 Å². The van der Waals surface area contributed by atoms with Crippen LogP contribution in [-0.4, -0.2) is 47.6 Å². The molecule has 0 saturated carbocycles. The molecule has 0 amide bonds. The normalized spacial score (nSPS) is 25.5. The molecular weight excluding hydrogens is 420 g/mol. The Morgan fingerprint density at radius 3 is 3.00 bits per heavy atom. The lowest BCUT2D eigenvalue weighted by atomic mass is 9.80. The Balaban J connectivity index is 1.54. The average Bonchev–Trinajstić information content (AvgIpc) is 2.71. The van der Waals surface area contributed by atoms with Crippen LogP contribution >= 0.6 is 15.9 Å². The van der Waals surface area contributed by atoms with E-state index >= 15 is 0 Å². The molecule has 1 aliphatic carbocycles. The van der Waals surface area contributed by atoms with Gasteiger partial charge in [-0.1, -0.05) is 18.2 Å². The van der Waals surface area contributed by atoms with E-state index in [4.69, 9.17) is 4.74 Å². The van der Waals surface area contributed by atoms with E-state index in [0.717, 1.165) is 31.7 Å². The largest absolute Gasteiger partial charge is 0.501 e. The van der Waals surface area contributed by atoms with Crippen molar-refractivity contribution in [1.82, 2.24) is 14.3 Å². The monoisotopic (exact) mass is 444 g/mol. The molecule has 1 N–H and O–H groups in total. The molecule has 1 unspecified atom stereocenters. The van der Waals surface area contributed by atoms with Crippen LogP contribution < -0.4 is 10.9 Å². The number of anilines is 1. The lowest BCUT2D eigenvalue weighted by molar-refractivity contribution is 0.153. The summed E-state index contributed by atoms with van der Waals surface area (Å²) < 4.78 is 7.49. The van der Waals surface area contributed by atoms with Crippen LogP contribution in [0.3, 0.4) is 0 Å². The van der Waals surface area contributed by atoms with Crippen molar-refractivity contribution in [2.24, 2.45) is 11.8 Å². The fourth-order valence-corrected chi connectivity index (χ4v) is 4.68. The zero-order chi connectivity index (χ0) is 19.7. The van der Waals surface area contributed by atoms with Crippen LogP contribution in [0.25, 0.3) is 5.65 Å². The van der Waals surface area contributed by atoms with Crippen molar-refractivity contribution in [2.75, 3.05) is 32.6 Å². The first-order chi connectivity index (χ1) is 13.5. The van der Waals surface area contributed by atoms with Crippen LogP contribution in [0, 0.1) is 11.8 Å². The molecule has 7 heteroatoms. The first-order valence-corrected chi connectivity index (χ1v) is 10.4. The van der Waals surface area contributed by atoms with E-state index in [2.05, 4.69) is 50.3 Å². The molecule has 0 bridgehead atoms. The number of methoxy groups -OCH3 is 1. The SMILES string of the molecule is COC1=CC=CC([C@H]2C[C@@H](Nc3nc4ccccn4c(=O)c3Br)CN(C)C2)C1. The summed E-state index contributed by atoms with van der Waals surface area (Å²) in [5.74, 6) is 2.64. The molecule has 2 aromatic rings. The number of aromatic nitrogens is 2. The highest BCUT2D eigenvalue weighted by atomic mass is 79.9. The maximum Gasteiger partial charge on any atom is 0.274 e. The lowest BCUT2D eigenvalue weighted by Crippen LogP contribution is -2.46. The van der Waals surface area contributed by atoms with Gasteiger partial charge in [-0.05, 0) is 59.4 Å². The predicted molar refractivity (Wildman–Crippen MR) is 115 cm³/mol. The van der Waals surface area contributed by atoms with Gasteiger partial charge in [0.1, 0.15) is 15.9 Å². The van der Waals surface area contributed by atoms with Gasteiger partial charge in [-0.3, -0.25) is 9.20 Å². The molecule has 3 atom stereocenters. The number of ether oxygens (including phenoxy) is 1. The molecule has 6 nitrogen and oxygen atoms in total. The van der Waals surface area contributed by atoms with Gasteiger partial charge in [-0.2, -0.15) is 0 Å².